The van der Waals surface area contributed by atoms with Crippen molar-refractivity contribution in [1.29, 1.82) is 0 Å². The quantitative estimate of drug-likeness (QED) is 0.134. The summed E-state index contributed by atoms with van der Waals surface area (Å²) in [5.41, 5.74) is 5.85. The van der Waals surface area contributed by atoms with Gasteiger partial charge in [-0.1, -0.05) is 39.0 Å². The molecule has 0 amide bonds. The summed E-state index contributed by atoms with van der Waals surface area (Å²) in [5, 5.41) is 21.5. The number of quaternary nitrogens is 2. The van der Waals surface area contributed by atoms with Crippen molar-refractivity contribution < 1.29 is 57.2 Å². The van der Waals surface area contributed by atoms with E-state index in [0.717, 1.165) is 39.8 Å². The fourth-order valence-electron chi connectivity index (χ4n) is 10.2. The summed E-state index contributed by atoms with van der Waals surface area (Å²) in [6, 6.07) is 17.9. The summed E-state index contributed by atoms with van der Waals surface area (Å²) in [6.45, 7) is 7.49. The summed E-state index contributed by atoms with van der Waals surface area (Å²) in [4.78, 5) is 26.2. The zero-order valence-corrected chi connectivity index (χ0v) is 36.2. The van der Waals surface area contributed by atoms with Gasteiger partial charge in [-0.25, -0.2) is 9.59 Å². The van der Waals surface area contributed by atoms with Crippen molar-refractivity contribution in [2.75, 3.05) is 55.1 Å². The van der Waals surface area contributed by atoms with E-state index >= 15 is 0 Å². The average Bonchev–Trinajstić information content (AvgIpc) is 3.23. The summed E-state index contributed by atoms with van der Waals surface area (Å²) in [5.74, 6) is 2.42. The Morgan fingerprint density at radius 3 is 1.87 bits per heavy atom. The van der Waals surface area contributed by atoms with Crippen LogP contribution in [0, 0.1) is 0 Å². The summed E-state index contributed by atoms with van der Waals surface area (Å²) >= 11 is 0. The lowest BCUT2D eigenvalue weighted by atomic mass is 9.83. The molecule has 12 nitrogen and oxygen atoms in total. The highest BCUT2D eigenvalue weighted by atomic mass is 16.6. The molecular weight excluding hydrogens is 765 g/mol. The van der Waals surface area contributed by atoms with E-state index in [2.05, 4.69) is 7.05 Å². The number of carboxylic acids is 2. The van der Waals surface area contributed by atoms with Gasteiger partial charge in [0.05, 0.1) is 60.7 Å². The van der Waals surface area contributed by atoms with Crippen LogP contribution in [0.1, 0.15) is 85.5 Å². The fourth-order valence-corrected chi connectivity index (χ4v) is 10.2. The van der Waals surface area contributed by atoms with E-state index in [-0.39, 0.29) is 10.5 Å². The smallest absolute Gasteiger partial charge is 0.362 e. The molecule has 0 fully saturated rings. The monoisotopic (exact) mass is 824 g/mol. The Hall–Kier alpha value is -5.46. The highest BCUT2D eigenvalue weighted by Gasteiger charge is 2.51. The molecule has 60 heavy (non-hydrogen) atoms. The first kappa shape index (κ1) is 42.7. The van der Waals surface area contributed by atoms with Crippen molar-refractivity contribution in [3.05, 3.63) is 94.0 Å². The number of likely N-dealkylation sites (N-methyl/N-ethyl adjacent to an activating group) is 2. The SMILES string of the molecule is CCCOc1c(OC)cc2c3c1Oc1cc4c(cc1OC)CC[N+](C)(C(CC)C(=O)O)C4Cc1ccc(cc1)Oc1cc(ccc1OC)CC3[N+](C)(C(CC)C(=O)O)CC2. The third-order valence-corrected chi connectivity index (χ3v) is 13.5. The van der Waals surface area contributed by atoms with Crippen LogP contribution in [-0.2, 0) is 35.3 Å². The number of hydrogen-bond donors (Lipinski definition) is 2. The van der Waals surface area contributed by atoms with Crippen molar-refractivity contribution >= 4 is 11.9 Å². The van der Waals surface area contributed by atoms with E-state index in [1.54, 1.807) is 21.3 Å². The molecule has 0 radical (unpaired) electrons. The van der Waals surface area contributed by atoms with E-state index in [4.69, 9.17) is 28.4 Å². The largest absolute Gasteiger partial charge is 0.493 e. The van der Waals surface area contributed by atoms with Gasteiger partial charge in [0.15, 0.2) is 46.6 Å². The van der Waals surface area contributed by atoms with Gasteiger partial charge in [-0.15, -0.1) is 0 Å². The molecule has 0 saturated carbocycles. The highest BCUT2D eigenvalue weighted by Crippen LogP contribution is 2.55. The zero-order chi connectivity index (χ0) is 42.9. The van der Waals surface area contributed by atoms with Gasteiger partial charge in [-0.3, -0.25) is 0 Å². The zero-order valence-electron chi connectivity index (χ0n) is 36.2. The number of nitrogens with zero attached hydrogens (tertiary/aromatic N) is 2. The van der Waals surface area contributed by atoms with Crippen molar-refractivity contribution in [1.82, 2.24) is 0 Å². The minimum atomic E-state index is -0.862. The van der Waals surface area contributed by atoms with Crippen LogP contribution in [0.5, 0.6) is 46.0 Å². The average molecular weight is 825 g/mol. The number of carbonyl (C=O) groups is 2. The van der Waals surface area contributed by atoms with E-state index in [1.165, 1.54) is 0 Å². The van der Waals surface area contributed by atoms with Gasteiger partial charge >= 0.3 is 11.9 Å². The molecule has 4 aromatic rings. The van der Waals surface area contributed by atoms with Gasteiger partial charge in [0, 0.05) is 44.1 Å². The van der Waals surface area contributed by atoms with Crippen LogP contribution >= 0.6 is 0 Å². The van der Waals surface area contributed by atoms with Crippen LogP contribution in [-0.4, -0.2) is 98.3 Å². The Morgan fingerprint density at radius 2 is 1.27 bits per heavy atom. The molecule has 320 valence electrons. The first-order valence-corrected chi connectivity index (χ1v) is 21.2. The molecule has 0 spiro atoms. The number of fused-ring (bicyclic) bond motifs is 2. The number of rotatable bonds is 12. The molecule has 6 unspecified atom stereocenters. The highest BCUT2D eigenvalue weighted by molar-refractivity contribution is 5.73. The lowest BCUT2D eigenvalue weighted by Crippen LogP contribution is -2.60. The molecule has 2 N–H and O–H groups in total. The third-order valence-electron chi connectivity index (χ3n) is 13.5. The molecule has 6 bridgehead atoms. The topological polar surface area (TPSA) is 130 Å². The van der Waals surface area contributed by atoms with Crippen molar-refractivity contribution in [3.8, 4) is 46.0 Å². The predicted molar refractivity (Wildman–Crippen MR) is 227 cm³/mol. The molecule has 4 heterocycles. The first-order valence-electron chi connectivity index (χ1n) is 21.2. The predicted octanol–water partition coefficient (Wildman–Crippen LogP) is 8.70. The van der Waals surface area contributed by atoms with Gasteiger partial charge in [-0.2, -0.15) is 0 Å². The van der Waals surface area contributed by atoms with Gasteiger partial charge < -0.3 is 47.6 Å². The Kier molecular flexibility index (Phi) is 12.3. The molecule has 12 heteroatoms. The second-order valence-electron chi connectivity index (χ2n) is 16.8. The van der Waals surface area contributed by atoms with Crippen LogP contribution in [0.4, 0.5) is 0 Å². The standard InChI is InChI=1S/C48H58N2O10/c1-9-22-58-45-43(57-8)27-32-19-21-50(5,36(11-3)48(53)54)38-24-30-14-17-39(55-6)41(25-30)59-33-15-12-29(13-16-33)23-37-34-28-42(60-46(45)44(32)38)40(56-7)26-31(34)18-20-49(37,4)35(10-2)47(51)52/h12-17,25-28,35-38H,9-11,18-24H2,1-8H3/p+2. The van der Waals surface area contributed by atoms with Gasteiger partial charge in [0.25, 0.3) is 0 Å². The van der Waals surface area contributed by atoms with Crippen molar-refractivity contribution in [3.63, 3.8) is 0 Å². The molecule has 4 aromatic carbocycles. The maximum Gasteiger partial charge on any atom is 0.362 e. The number of ether oxygens (including phenoxy) is 6. The summed E-state index contributed by atoms with van der Waals surface area (Å²) in [6.07, 6.45) is 3.84. The Balaban J connectivity index is 1.56. The normalized spacial score (nSPS) is 22.7. The van der Waals surface area contributed by atoms with Crippen molar-refractivity contribution in [2.24, 2.45) is 0 Å². The number of benzene rings is 4. The lowest BCUT2D eigenvalue weighted by molar-refractivity contribution is -0.956. The van der Waals surface area contributed by atoms with Gasteiger partial charge in [-0.05, 0) is 71.1 Å². The maximum absolute atomic E-state index is 13.2. The van der Waals surface area contributed by atoms with Crippen LogP contribution in [0.3, 0.4) is 0 Å². The van der Waals surface area contributed by atoms with E-state index in [9.17, 15) is 19.8 Å². The van der Waals surface area contributed by atoms with E-state index < -0.39 is 30.1 Å². The van der Waals surface area contributed by atoms with Crippen LogP contribution in [0.25, 0.3) is 0 Å². The fraction of sp³-hybridized carbons (Fsp3) is 0.458. The van der Waals surface area contributed by atoms with Gasteiger partial charge in [0.2, 0.25) is 5.75 Å². The minimum Gasteiger partial charge on any atom is -0.493 e. The molecule has 6 atom stereocenters. The third kappa shape index (κ3) is 7.60. The molecular formula is C48H60N2O10+2. The number of methoxy groups -OCH3 is 3. The van der Waals surface area contributed by atoms with Crippen LogP contribution in [0.15, 0.2) is 60.7 Å². The number of hydrogen-bond acceptors (Lipinski definition) is 8. The Morgan fingerprint density at radius 1 is 0.700 bits per heavy atom. The van der Waals surface area contributed by atoms with Crippen LogP contribution < -0.4 is 28.4 Å². The maximum atomic E-state index is 13.2. The molecule has 0 aromatic heterocycles. The lowest BCUT2D eigenvalue weighted by Gasteiger charge is -2.49. The summed E-state index contributed by atoms with van der Waals surface area (Å²) in [7, 11) is 8.96. The molecule has 0 saturated heterocycles. The molecule has 8 rings (SSSR count). The number of aliphatic carboxylic acids is 2. The Labute approximate surface area is 353 Å². The number of carboxylic acid groups (broad SMARTS) is 2. The second kappa shape index (κ2) is 17.3. The van der Waals surface area contributed by atoms with E-state index in [0.29, 0.717) is 109 Å². The van der Waals surface area contributed by atoms with Crippen LogP contribution in [0.2, 0.25) is 0 Å². The van der Waals surface area contributed by atoms with E-state index in [1.807, 2.05) is 88.5 Å². The summed E-state index contributed by atoms with van der Waals surface area (Å²) < 4.78 is 38.9. The second-order valence-corrected chi connectivity index (χ2v) is 16.8. The first-order chi connectivity index (χ1) is 28.8. The molecule has 4 aliphatic rings. The van der Waals surface area contributed by atoms with Gasteiger partial charge in [0.1, 0.15) is 17.8 Å². The molecule has 4 aliphatic heterocycles. The van der Waals surface area contributed by atoms with Crippen molar-refractivity contribution in [2.45, 2.75) is 89.9 Å². The Bertz CT molecular complexity index is 2240. The minimum absolute atomic E-state index is 0.214. The molecule has 0 aliphatic carbocycles.